The molecule has 0 saturated carbocycles. The molecule has 2 amide bonds. The van der Waals surface area contributed by atoms with E-state index in [0.29, 0.717) is 5.56 Å². The molecule has 1 fully saturated rings. The number of likely N-dealkylation sites (tertiary alicyclic amines) is 1. The lowest BCUT2D eigenvalue weighted by Gasteiger charge is -2.29. The summed E-state index contributed by atoms with van der Waals surface area (Å²) in [5.41, 5.74) is 7.46. The van der Waals surface area contributed by atoms with Crippen LogP contribution in [-0.4, -0.2) is 53.1 Å². The van der Waals surface area contributed by atoms with Crippen molar-refractivity contribution in [2.75, 3.05) is 19.6 Å². The second-order valence-corrected chi connectivity index (χ2v) is 7.32. The summed E-state index contributed by atoms with van der Waals surface area (Å²) >= 11 is 0. The van der Waals surface area contributed by atoms with Gasteiger partial charge in [-0.05, 0) is 75.9 Å². The Morgan fingerprint density at radius 2 is 1.86 bits per heavy atom. The number of nitrogens with two attached hydrogens (primary N) is 1. The first kappa shape index (κ1) is 21.5. The number of nitrogens with zero attached hydrogens (tertiary/aromatic N) is 1. The van der Waals surface area contributed by atoms with Crippen molar-refractivity contribution in [1.82, 2.24) is 15.7 Å². The summed E-state index contributed by atoms with van der Waals surface area (Å²) in [5.74, 6) is 10.4. The Morgan fingerprint density at radius 1 is 1.21 bits per heavy atom. The third-order valence-corrected chi connectivity index (χ3v) is 4.40. The van der Waals surface area contributed by atoms with Gasteiger partial charge in [-0.2, -0.15) is 0 Å². The molecule has 0 bridgehead atoms. The van der Waals surface area contributed by atoms with Gasteiger partial charge in [0.1, 0.15) is 6.04 Å². The van der Waals surface area contributed by atoms with Gasteiger partial charge in [-0.15, -0.1) is 0 Å². The van der Waals surface area contributed by atoms with Gasteiger partial charge >= 0.3 is 0 Å². The van der Waals surface area contributed by atoms with Gasteiger partial charge in [0.25, 0.3) is 11.8 Å². The molecule has 1 aromatic carbocycles. The second kappa shape index (κ2) is 9.91. The van der Waals surface area contributed by atoms with Crippen LogP contribution in [0.25, 0.3) is 0 Å². The van der Waals surface area contributed by atoms with Crippen LogP contribution in [0.4, 0.5) is 0 Å². The van der Waals surface area contributed by atoms with Crippen LogP contribution in [0.15, 0.2) is 24.3 Å². The zero-order valence-corrected chi connectivity index (χ0v) is 16.2. The van der Waals surface area contributed by atoms with Crippen LogP contribution >= 0.6 is 0 Å². The first-order valence-electron chi connectivity index (χ1n) is 9.16. The van der Waals surface area contributed by atoms with Crippen molar-refractivity contribution in [3.8, 4) is 23.7 Å². The van der Waals surface area contributed by atoms with Gasteiger partial charge in [0, 0.05) is 16.7 Å². The smallest absolute Gasteiger partial charge is 0.267 e. The Hall–Kier alpha value is -2.84. The average Bonchev–Trinajstić information content (AvgIpc) is 3.18. The van der Waals surface area contributed by atoms with E-state index in [2.05, 4.69) is 33.9 Å². The highest BCUT2D eigenvalue weighted by Crippen LogP contribution is 2.09. The third-order valence-electron chi connectivity index (χ3n) is 4.40. The number of amides is 2. The molecular weight excluding hydrogens is 356 g/mol. The summed E-state index contributed by atoms with van der Waals surface area (Å²) in [6, 6.07) is 5.54. The monoisotopic (exact) mass is 382 g/mol. The lowest BCUT2D eigenvalue weighted by Crippen LogP contribution is -2.61. The highest BCUT2D eigenvalue weighted by Gasteiger charge is 2.33. The van der Waals surface area contributed by atoms with Gasteiger partial charge in [-0.1, -0.05) is 11.8 Å². The summed E-state index contributed by atoms with van der Waals surface area (Å²) in [4.78, 5) is 26.4. The van der Waals surface area contributed by atoms with E-state index in [-0.39, 0.29) is 0 Å². The van der Waals surface area contributed by atoms with Crippen molar-refractivity contribution in [3.63, 3.8) is 0 Å². The summed E-state index contributed by atoms with van der Waals surface area (Å²) < 4.78 is 0. The molecule has 1 heterocycles. The molecule has 5 N–H and O–H groups in total. The molecule has 1 aromatic rings. The van der Waals surface area contributed by atoms with Crippen molar-refractivity contribution in [3.05, 3.63) is 35.4 Å². The van der Waals surface area contributed by atoms with E-state index in [1.54, 1.807) is 38.1 Å². The number of hydrogen-bond donors (Lipinski definition) is 4. The number of rotatable bonds is 5. The van der Waals surface area contributed by atoms with Crippen LogP contribution in [0.5, 0.6) is 0 Å². The van der Waals surface area contributed by atoms with E-state index >= 15 is 0 Å². The van der Waals surface area contributed by atoms with Crippen LogP contribution < -0.4 is 16.5 Å². The van der Waals surface area contributed by atoms with Crippen LogP contribution in [0, 0.1) is 23.7 Å². The number of carbonyl (C=O) groups is 2. The number of benzene rings is 1. The van der Waals surface area contributed by atoms with Crippen molar-refractivity contribution < 1.29 is 14.8 Å². The molecule has 7 heteroatoms. The Kier molecular flexibility index (Phi) is 7.60. The van der Waals surface area contributed by atoms with Crippen LogP contribution in [0.1, 0.15) is 42.6 Å². The van der Waals surface area contributed by atoms with Crippen LogP contribution in [0.2, 0.25) is 0 Å². The van der Waals surface area contributed by atoms with E-state index in [4.69, 9.17) is 10.9 Å². The Labute approximate surface area is 165 Å². The Bertz CT molecular complexity index is 814. The zero-order chi connectivity index (χ0) is 20.6. The van der Waals surface area contributed by atoms with E-state index < -0.39 is 23.4 Å². The SMILES string of the molecule is CC(C)(N)[C@H](NC(=O)c1ccc(C#CC#CCN2CCCC2)cc1)C(=O)NO. The van der Waals surface area contributed by atoms with E-state index in [9.17, 15) is 9.59 Å². The van der Waals surface area contributed by atoms with Gasteiger partial charge in [-0.25, -0.2) is 5.48 Å². The molecule has 0 unspecified atom stereocenters. The predicted molar refractivity (Wildman–Crippen MR) is 106 cm³/mol. The van der Waals surface area contributed by atoms with Gasteiger partial charge < -0.3 is 11.1 Å². The zero-order valence-electron chi connectivity index (χ0n) is 16.2. The summed E-state index contributed by atoms with van der Waals surface area (Å²) in [6.07, 6.45) is 2.48. The van der Waals surface area contributed by atoms with Crippen LogP contribution in [-0.2, 0) is 4.79 Å². The van der Waals surface area contributed by atoms with Crippen LogP contribution in [0.3, 0.4) is 0 Å². The topological polar surface area (TPSA) is 108 Å². The normalized spacial score (nSPS) is 14.9. The fourth-order valence-corrected chi connectivity index (χ4v) is 2.81. The van der Waals surface area contributed by atoms with Crippen molar-refractivity contribution >= 4 is 11.8 Å². The molecule has 2 rings (SSSR count). The van der Waals surface area contributed by atoms with E-state index in [1.165, 1.54) is 18.3 Å². The Balaban J connectivity index is 1.96. The van der Waals surface area contributed by atoms with E-state index in [1.807, 2.05) is 0 Å². The minimum Gasteiger partial charge on any atom is -0.338 e. The third kappa shape index (κ3) is 6.40. The molecule has 0 spiro atoms. The maximum atomic E-state index is 12.4. The molecule has 0 aliphatic carbocycles. The standard InChI is InChI=1S/C21H26N4O3/c1-21(2,22)18(20(27)24-28)23-19(26)17-11-9-16(10-12-17)8-4-3-5-13-25-14-6-7-15-25/h9-12,18,28H,6-7,13-15,22H2,1-2H3,(H,23,26)(H,24,27)/t18-/m1/s1. The maximum absolute atomic E-state index is 12.4. The van der Waals surface area contributed by atoms with Gasteiger partial charge in [0.15, 0.2) is 0 Å². The maximum Gasteiger partial charge on any atom is 0.267 e. The Morgan fingerprint density at radius 3 is 2.43 bits per heavy atom. The fourth-order valence-electron chi connectivity index (χ4n) is 2.81. The summed E-state index contributed by atoms with van der Waals surface area (Å²) in [5, 5.41) is 11.4. The van der Waals surface area contributed by atoms with Crippen molar-refractivity contribution in [1.29, 1.82) is 0 Å². The van der Waals surface area contributed by atoms with Crippen molar-refractivity contribution in [2.45, 2.75) is 38.3 Å². The minimum atomic E-state index is -1.09. The predicted octanol–water partition coefficient (Wildman–Crippen LogP) is 0.478. The molecule has 0 aromatic heterocycles. The molecule has 1 saturated heterocycles. The largest absolute Gasteiger partial charge is 0.338 e. The molecule has 28 heavy (non-hydrogen) atoms. The number of nitrogens with one attached hydrogen (secondary N) is 2. The highest BCUT2D eigenvalue weighted by atomic mass is 16.5. The second-order valence-electron chi connectivity index (χ2n) is 7.32. The quantitative estimate of drug-likeness (QED) is 0.337. The highest BCUT2D eigenvalue weighted by molar-refractivity contribution is 5.97. The molecule has 1 atom stereocenters. The summed E-state index contributed by atoms with van der Waals surface area (Å²) in [7, 11) is 0. The lowest BCUT2D eigenvalue weighted by molar-refractivity contribution is -0.132. The number of carbonyl (C=O) groups excluding carboxylic acids is 2. The molecule has 7 nitrogen and oxygen atoms in total. The first-order valence-corrected chi connectivity index (χ1v) is 9.16. The molecule has 1 aliphatic heterocycles. The molecular formula is C21H26N4O3. The summed E-state index contributed by atoms with van der Waals surface area (Å²) in [6.45, 7) is 6.11. The first-order chi connectivity index (χ1) is 13.3. The molecule has 148 valence electrons. The van der Waals surface area contributed by atoms with Gasteiger partial charge in [0.2, 0.25) is 0 Å². The number of hydrogen-bond acceptors (Lipinski definition) is 5. The molecule has 1 aliphatic rings. The van der Waals surface area contributed by atoms with Gasteiger partial charge in [0.05, 0.1) is 6.54 Å². The lowest BCUT2D eigenvalue weighted by atomic mass is 9.95. The molecule has 0 radical (unpaired) electrons. The van der Waals surface area contributed by atoms with Gasteiger partial charge in [-0.3, -0.25) is 19.7 Å². The van der Waals surface area contributed by atoms with Crippen molar-refractivity contribution in [2.24, 2.45) is 5.73 Å². The van der Waals surface area contributed by atoms with E-state index in [0.717, 1.165) is 25.2 Å². The minimum absolute atomic E-state index is 0.352. The fraction of sp³-hybridized carbons (Fsp3) is 0.429. The number of hydroxylamine groups is 1. The average molecular weight is 382 g/mol.